The van der Waals surface area contributed by atoms with Gasteiger partial charge in [-0.15, -0.1) is 4.83 Å². The Hall–Kier alpha value is -3.16. The van der Waals surface area contributed by atoms with E-state index in [9.17, 15) is 13.2 Å². The van der Waals surface area contributed by atoms with Crippen molar-refractivity contribution in [1.29, 1.82) is 0 Å². The van der Waals surface area contributed by atoms with Gasteiger partial charge in [0.2, 0.25) is 0 Å². The predicted octanol–water partition coefficient (Wildman–Crippen LogP) is 3.30. The van der Waals surface area contributed by atoms with Crippen molar-refractivity contribution < 1.29 is 17.9 Å². The van der Waals surface area contributed by atoms with Gasteiger partial charge in [-0.25, -0.2) is 8.42 Å². The number of para-hydroxylation sites is 1. The highest BCUT2D eigenvalue weighted by Crippen LogP contribution is 2.29. The van der Waals surface area contributed by atoms with E-state index in [1.807, 2.05) is 55.5 Å². The van der Waals surface area contributed by atoms with Crippen molar-refractivity contribution in [2.24, 2.45) is 0 Å². The van der Waals surface area contributed by atoms with Gasteiger partial charge < -0.3 is 4.74 Å². The topological polar surface area (TPSA) is 84.5 Å². The lowest BCUT2D eigenvalue weighted by molar-refractivity contribution is -0.123. The van der Waals surface area contributed by atoms with Crippen LogP contribution in [0.1, 0.15) is 12.5 Å². The number of hydrogen-bond acceptors (Lipinski definition) is 4. The van der Waals surface area contributed by atoms with Crippen LogP contribution >= 0.6 is 0 Å². The van der Waals surface area contributed by atoms with E-state index < -0.39 is 15.9 Å². The molecular weight excluding hydrogens is 388 g/mol. The Morgan fingerprint density at radius 3 is 2.24 bits per heavy atom. The van der Waals surface area contributed by atoms with Gasteiger partial charge in [0.25, 0.3) is 15.9 Å². The third kappa shape index (κ3) is 5.43. The Morgan fingerprint density at radius 1 is 0.897 bits per heavy atom. The second-order valence-electron chi connectivity index (χ2n) is 6.30. The van der Waals surface area contributed by atoms with E-state index in [4.69, 9.17) is 4.74 Å². The maximum absolute atomic E-state index is 12.3. The van der Waals surface area contributed by atoms with Crippen LogP contribution in [0.5, 0.6) is 5.75 Å². The lowest BCUT2D eigenvalue weighted by Gasteiger charge is -2.12. The number of rotatable bonds is 8. The lowest BCUT2D eigenvalue weighted by atomic mass is 10.1. The molecule has 3 rings (SSSR count). The minimum atomic E-state index is -3.85. The molecule has 0 fully saturated rings. The molecule has 3 aromatic rings. The molecule has 0 radical (unpaired) electrons. The van der Waals surface area contributed by atoms with Crippen molar-refractivity contribution in [3.8, 4) is 16.9 Å². The van der Waals surface area contributed by atoms with Crippen LogP contribution in [0.25, 0.3) is 11.1 Å². The largest absolute Gasteiger partial charge is 0.483 e. The monoisotopic (exact) mass is 410 g/mol. The summed E-state index contributed by atoms with van der Waals surface area (Å²) in [6.07, 6.45) is 0.812. The van der Waals surface area contributed by atoms with Gasteiger partial charge in [0.1, 0.15) is 5.75 Å². The summed E-state index contributed by atoms with van der Waals surface area (Å²) in [5.74, 6) is -0.0755. The van der Waals surface area contributed by atoms with Crippen molar-refractivity contribution in [3.05, 3.63) is 84.4 Å². The number of aryl methyl sites for hydroxylation is 1. The number of carbonyl (C=O) groups is 1. The molecule has 1 amide bonds. The highest BCUT2D eigenvalue weighted by atomic mass is 32.2. The number of sulfonamides is 1. The summed E-state index contributed by atoms with van der Waals surface area (Å²) in [5.41, 5.74) is 5.01. The number of carbonyl (C=O) groups excluding carboxylic acids is 1. The molecule has 0 spiro atoms. The first-order chi connectivity index (χ1) is 14.0. The Morgan fingerprint density at radius 2 is 1.55 bits per heavy atom. The van der Waals surface area contributed by atoms with Crippen LogP contribution in [0.15, 0.2) is 83.8 Å². The second-order valence-corrected chi connectivity index (χ2v) is 7.98. The first kappa shape index (κ1) is 20.6. The van der Waals surface area contributed by atoms with Crippen molar-refractivity contribution in [2.75, 3.05) is 6.61 Å². The molecule has 150 valence electrons. The number of hydrazine groups is 1. The lowest BCUT2D eigenvalue weighted by Crippen LogP contribution is -2.43. The molecule has 6 nitrogen and oxygen atoms in total. The van der Waals surface area contributed by atoms with Gasteiger partial charge in [-0.2, -0.15) is 0 Å². The maximum atomic E-state index is 12.3. The molecule has 0 bridgehead atoms. The first-order valence-electron chi connectivity index (χ1n) is 9.16. The molecule has 2 N–H and O–H groups in total. The van der Waals surface area contributed by atoms with E-state index in [0.717, 1.165) is 23.1 Å². The smallest absolute Gasteiger partial charge is 0.272 e. The Labute approximate surface area is 170 Å². The maximum Gasteiger partial charge on any atom is 0.272 e. The fourth-order valence-electron chi connectivity index (χ4n) is 2.72. The summed E-state index contributed by atoms with van der Waals surface area (Å²) in [5, 5.41) is 0. The van der Waals surface area contributed by atoms with Crippen molar-refractivity contribution >= 4 is 15.9 Å². The number of nitrogens with one attached hydrogen (secondary N) is 2. The third-order valence-corrected chi connectivity index (χ3v) is 5.56. The molecule has 0 saturated carbocycles. The molecule has 7 heteroatoms. The minimum absolute atomic E-state index is 0.0744. The van der Waals surface area contributed by atoms with Gasteiger partial charge in [-0.3, -0.25) is 10.2 Å². The number of benzene rings is 3. The van der Waals surface area contributed by atoms with Gasteiger partial charge in [-0.1, -0.05) is 67.6 Å². The van der Waals surface area contributed by atoms with Gasteiger partial charge in [0.15, 0.2) is 6.61 Å². The van der Waals surface area contributed by atoms with Gasteiger partial charge >= 0.3 is 0 Å². The molecule has 0 aliphatic carbocycles. The van der Waals surface area contributed by atoms with Crippen molar-refractivity contribution in [3.63, 3.8) is 0 Å². The van der Waals surface area contributed by atoms with Crippen LogP contribution in [-0.2, 0) is 21.2 Å². The van der Waals surface area contributed by atoms with E-state index in [1.165, 1.54) is 12.1 Å². The van der Waals surface area contributed by atoms with E-state index >= 15 is 0 Å². The van der Waals surface area contributed by atoms with Gasteiger partial charge in [0, 0.05) is 5.56 Å². The van der Waals surface area contributed by atoms with Crippen LogP contribution < -0.4 is 15.0 Å². The average molecular weight is 410 g/mol. The summed E-state index contributed by atoms with van der Waals surface area (Å²) >= 11 is 0. The van der Waals surface area contributed by atoms with E-state index in [1.54, 1.807) is 18.2 Å². The number of amides is 1. The zero-order valence-electron chi connectivity index (χ0n) is 16.0. The van der Waals surface area contributed by atoms with Crippen molar-refractivity contribution in [2.45, 2.75) is 18.2 Å². The second kappa shape index (κ2) is 9.36. The molecule has 0 aliphatic heterocycles. The zero-order valence-corrected chi connectivity index (χ0v) is 16.8. The molecule has 0 unspecified atom stereocenters. The van der Waals surface area contributed by atoms with E-state index in [-0.39, 0.29) is 11.5 Å². The van der Waals surface area contributed by atoms with E-state index in [0.29, 0.717) is 5.75 Å². The fourth-order valence-corrected chi connectivity index (χ4v) is 3.58. The minimum Gasteiger partial charge on any atom is -0.483 e. The molecule has 0 atom stereocenters. The molecule has 3 aromatic carbocycles. The average Bonchev–Trinajstić information content (AvgIpc) is 2.77. The molecule has 0 heterocycles. The quantitative estimate of drug-likeness (QED) is 0.558. The first-order valence-corrected chi connectivity index (χ1v) is 10.6. The molecule has 0 saturated heterocycles. The fraction of sp³-hybridized carbons (Fsp3) is 0.136. The molecule has 29 heavy (non-hydrogen) atoms. The molecular formula is C22H22N2O4S. The predicted molar refractivity (Wildman–Crippen MR) is 112 cm³/mol. The van der Waals surface area contributed by atoms with Gasteiger partial charge in [-0.05, 0) is 35.7 Å². The summed E-state index contributed by atoms with van der Waals surface area (Å²) in [6, 6.07) is 23.5. The zero-order chi connectivity index (χ0) is 20.7. The summed E-state index contributed by atoms with van der Waals surface area (Å²) in [4.78, 5) is 14.2. The Kier molecular flexibility index (Phi) is 6.64. The van der Waals surface area contributed by atoms with Gasteiger partial charge in [0.05, 0.1) is 4.90 Å². The Balaban J connectivity index is 1.59. The van der Waals surface area contributed by atoms with Crippen LogP contribution in [0.2, 0.25) is 0 Å². The Bertz CT molecular complexity index is 1070. The summed E-state index contributed by atoms with van der Waals surface area (Å²) in [7, 11) is -3.85. The summed E-state index contributed by atoms with van der Waals surface area (Å²) in [6.45, 7) is 1.65. The van der Waals surface area contributed by atoms with Crippen molar-refractivity contribution in [1.82, 2.24) is 10.3 Å². The number of hydrogen-bond donors (Lipinski definition) is 2. The number of ether oxygens (including phenoxy) is 1. The summed E-state index contributed by atoms with van der Waals surface area (Å²) < 4.78 is 30.2. The van der Waals surface area contributed by atoms with Crippen LogP contribution in [0.3, 0.4) is 0 Å². The van der Waals surface area contributed by atoms with E-state index in [2.05, 4.69) is 10.3 Å². The van der Waals surface area contributed by atoms with Crippen LogP contribution in [0, 0.1) is 0 Å². The SMILES string of the molecule is CCc1ccc(S(=O)(=O)NNC(=O)COc2ccccc2-c2ccccc2)cc1. The van der Waals surface area contributed by atoms with Crippen LogP contribution in [0.4, 0.5) is 0 Å². The van der Waals surface area contributed by atoms with Crippen LogP contribution in [-0.4, -0.2) is 20.9 Å². The molecule has 0 aliphatic rings. The third-order valence-electron chi connectivity index (χ3n) is 4.30. The highest BCUT2D eigenvalue weighted by Gasteiger charge is 2.15. The standard InChI is InChI=1S/C22H22N2O4S/c1-2-17-12-14-19(15-13-17)29(26,27)24-23-22(25)16-28-21-11-7-6-10-20(21)18-8-4-3-5-9-18/h3-15,24H,2,16H2,1H3,(H,23,25). The molecule has 0 aromatic heterocycles. The highest BCUT2D eigenvalue weighted by molar-refractivity contribution is 7.89. The normalized spacial score (nSPS) is 11.1.